The van der Waals surface area contributed by atoms with Crippen LogP contribution in [0.15, 0.2) is 42.9 Å². The summed E-state index contributed by atoms with van der Waals surface area (Å²) in [5.74, 6) is 0. The highest BCUT2D eigenvalue weighted by molar-refractivity contribution is 6.31. The van der Waals surface area contributed by atoms with Gasteiger partial charge in [0.05, 0.1) is 5.69 Å². The van der Waals surface area contributed by atoms with E-state index in [0.717, 1.165) is 5.69 Å². The van der Waals surface area contributed by atoms with Gasteiger partial charge in [0, 0.05) is 18.6 Å². The highest BCUT2D eigenvalue weighted by Crippen LogP contribution is 2.16. The zero-order valence-electron chi connectivity index (χ0n) is 6.31. The maximum Gasteiger partial charge on any atom is 0.152 e. The van der Waals surface area contributed by atoms with Crippen LogP contribution in [-0.2, 0) is 0 Å². The maximum atomic E-state index is 5.88. The van der Waals surface area contributed by atoms with Crippen molar-refractivity contribution >= 4 is 11.6 Å². The van der Waals surface area contributed by atoms with Crippen LogP contribution >= 0.6 is 11.6 Å². The Morgan fingerprint density at radius 3 is 2.58 bits per heavy atom. The zero-order chi connectivity index (χ0) is 8.39. The van der Waals surface area contributed by atoms with E-state index in [1.54, 1.807) is 6.20 Å². The maximum absolute atomic E-state index is 5.88. The third kappa shape index (κ3) is 1.21. The average Bonchev–Trinajstić information content (AvgIpc) is 2.57. The van der Waals surface area contributed by atoms with Crippen LogP contribution in [0.5, 0.6) is 0 Å². The highest BCUT2D eigenvalue weighted by atomic mass is 35.5. The number of rotatable bonds is 1. The van der Waals surface area contributed by atoms with E-state index in [0.29, 0.717) is 5.15 Å². The molecule has 60 valence electrons. The summed E-state index contributed by atoms with van der Waals surface area (Å²) in [6.07, 6.45) is 5.54. The fourth-order valence-electron chi connectivity index (χ4n) is 1.07. The summed E-state index contributed by atoms with van der Waals surface area (Å²) in [5.41, 5.74) is 0.907. The number of aromatic nitrogens is 2. The Labute approximate surface area is 75.4 Å². The van der Waals surface area contributed by atoms with Gasteiger partial charge in [-0.3, -0.25) is 0 Å². The summed E-state index contributed by atoms with van der Waals surface area (Å²) in [6, 6.07) is 7.68. The van der Waals surface area contributed by atoms with Crippen LogP contribution in [0.1, 0.15) is 0 Å². The lowest BCUT2D eigenvalue weighted by atomic mass is 10.4. The summed E-state index contributed by atoms with van der Waals surface area (Å²) < 4.78 is 1.93. The van der Waals surface area contributed by atoms with E-state index in [9.17, 15) is 0 Å². The van der Waals surface area contributed by atoms with Gasteiger partial charge in [0.1, 0.15) is 0 Å². The van der Waals surface area contributed by atoms with Gasteiger partial charge in [-0.15, -0.1) is 0 Å². The summed E-state index contributed by atoms with van der Waals surface area (Å²) in [7, 11) is 0. The smallest absolute Gasteiger partial charge is 0.152 e. The van der Waals surface area contributed by atoms with Crippen molar-refractivity contribution < 1.29 is 0 Å². The number of halogens is 1. The first-order chi connectivity index (χ1) is 5.88. The first-order valence-corrected chi connectivity index (χ1v) is 3.99. The van der Waals surface area contributed by atoms with E-state index >= 15 is 0 Å². The van der Waals surface area contributed by atoms with Gasteiger partial charge in [0.15, 0.2) is 5.15 Å². The molecule has 0 radical (unpaired) electrons. The van der Waals surface area contributed by atoms with E-state index in [4.69, 9.17) is 11.6 Å². The minimum absolute atomic E-state index is 0.522. The zero-order valence-corrected chi connectivity index (χ0v) is 7.07. The van der Waals surface area contributed by atoms with Crippen LogP contribution in [-0.4, -0.2) is 9.55 Å². The second kappa shape index (κ2) is 2.99. The summed E-state index contributed by atoms with van der Waals surface area (Å²) >= 11 is 5.88. The van der Waals surface area contributed by atoms with Crippen molar-refractivity contribution in [3.63, 3.8) is 0 Å². The predicted octanol–water partition coefficient (Wildman–Crippen LogP) is 2.53. The molecule has 2 aromatic heterocycles. The normalized spacial score (nSPS) is 10.1. The summed E-state index contributed by atoms with van der Waals surface area (Å²) in [5, 5.41) is 0.522. The summed E-state index contributed by atoms with van der Waals surface area (Å²) in [4.78, 5) is 3.98. The second-order valence-corrected chi connectivity index (χ2v) is 2.76. The number of hydrogen-bond acceptors (Lipinski definition) is 1. The quantitative estimate of drug-likeness (QED) is 0.614. The van der Waals surface area contributed by atoms with Gasteiger partial charge in [-0.05, 0) is 24.3 Å². The monoisotopic (exact) mass is 178 g/mol. The molecule has 0 bridgehead atoms. The van der Waals surface area contributed by atoms with Gasteiger partial charge in [-0.2, -0.15) is 0 Å². The third-order valence-corrected chi connectivity index (χ3v) is 1.91. The van der Waals surface area contributed by atoms with E-state index < -0.39 is 0 Å². The molecule has 0 spiro atoms. The van der Waals surface area contributed by atoms with Gasteiger partial charge < -0.3 is 4.57 Å². The molecule has 0 aliphatic heterocycles. The molecule has 2 heterocycles. The standard InChI is InChI=1S/C9H7ClN2/c10-9-8(4-3-5-11-9)12-6-1-2-7-12/h1-7H. The van der Waals surface area contributed by atoms with Crippen LogP contribution < -0.4 is 0 Å². The second-order valence-electron chi connectivity index (χ2n) is 2.40. The Hall–Kier alpha value is -1.28. The molecule has 0 saturated heterocycles. The Bertz CT molecular complexity index is 368. The molecule has 12 heavy (non-hydrogen) atoms. The van der Waals surface area contributed by atoms with Crippen LogP contribution in [0.2, 0.25) is 5.15 Å². The van der Waals surface area contributed by atoms with Crippen LogP contribution in [0.25, 0.3) is 5.69 Å². The minimum Gasteiger partial charge on any atom is -0.321 e. The van der Waals surface area contributed by atoms with Gasteiger partial charge in [-0.25, -0.2) is 4.98 Å². The van der Waals surface area contributed by atoms with E-state index in [1.807, 2.05) is 41.2 Å². The Morgan fingerprint density at radius 2 is 1.92 bits per heavy atom. The lowest BCUT2D eigenvalue weighted by Crippen LogP contribution is -1.91. The fraction of sp³-hybridized carbons (Fsp3) is 0. The van der Waals surface area contributed by atoms with Crippen LogP contribution in [0.3, 0.4) is 0 Å². The number of nitrogens with zero attached hydrogens (tertiary/aromatic N) is 2. The van der Waals surface area contributed by atoms with Crippen molar-refractivity contribution in [1.82, 2.24) is 9.55 Å². The van der Waals surface area contributed by atoms with Crippen molar-refractivity contribution in [3.8, 4) is 5.69 Å². The molecule has 2 aromatic rings. The number of hydrogen-bond donors (Lipinski definition) is 0. The first kappa shape index (κ1) is 7.37. The Kier molecular flexibility index (Phi) is 1.84. The number of pyridine rings is 1. The van der Waals surface area contributed by atoms with Crippen molar-refractivity contribution in [1.29, 1.82) is 0 Å². The van der Waals surface area contributed by atoms with E-state index in [-0.39, 0.29) is 0 Å². The lowest BCUT2D eigenvalue weighted by molar-refractivity contribution is 1.06. The molecule has 0 aliphatic rings. The molecule has 0 atom stereocenters. The highest BCUT2D eigenvalue weighted by Gasteiger charge is 1.99. The van der Waals surface area contributed by atoms with Crippen molar-refractivity contribution in [2.75, 3.05) is 0 Å². The van der Waals surface area contributed by atoms with Gasteiger partial charge in [-0.1, -0.05) is 11.6 Å². The molecular weight excluding hydrogens is 172 g/mol. The van der Waals surface area contributed by atoms with Crippen LogP contribution in [0, 0.1) is 0 Å². The molecule has 0 saturated carbocycles. The molecule has 3 heteroatoms. The van der Waals surface area contributed by atoms with Crippen molar-refractivity contribution in [2.45, 2.75) is 0 Å². The molecule has 0 N–H and O–H groups in total. The van der Waals surface area contributed by atoms with E-state index in [2.05, 4.69) is 4.98 Å². The van der Waals surface area contributed by atoms with Crippen molar-refractivity contribution in [2.24, 2.45) is 0 Å². The van der Waals surface area contributed by atoms with E-state index in [1.165, 1.54) is 0 Å². The molecule has 0 aromatic carbocycles. The summed E-state index contributed by atoms with van der Waals surface area (Å²) in [6.45, 7) is 0. The molecular formula is C9H7ClN2. The van der Waals surface area contributed by atoms with Gasteiger partial charge in [0.2, 0.25) is 0 Å². The Balaban J connectivity index is 2.55. The largest absolute Gasteiger partial charge is 0.321 e. The first-order valence-electron chi connectivity index (χ1n) is 3.62. The predicted molar refractivity (Wildman–Crippen MR) is 48.6 cm³/mol. The molecule has 0 aliphatic carbocycles. The molecule has 2 nitrogen and oxygen atoms in total. The SMILES string of the molecule is Clc1ncccc1-n1cccc1. The van der Waals surface area contributed by atoms with Crippen LogP contribution in [0.4, 0.5) is 0 Å². The topological polar surface area (TPSA) is 17.8 Å². The van der Waals surface area contributed by atoms with Gasteiger partial charge in [0.25, 0.3) is 0 Å². The minimum atomic E-state index is 0.522. The average molecular weight is 179 g/mol. The molecule has 0 unspecified atom stereocenters. The third-order valence-electron chi connectivity index (χ3n) is 1.62. The lowest BCUT2D eigenvalue weighted by Gasteiger charge is -2.02. The molecule has 2 rings (SSSR count). The van der Waals surface area contributed by atoms with Crippen molar-refractivity contribution in [3.05, 3.63) is 48.0 Å². The molecule has 0 fully saturated rings. The molecule has 0 amide bonds. The Morgan fingerprint density at radius 1 is 1.17 bits per heavy atom. The van der Waals surface area contributed by atoms with Gasteiger partial charge >= 0.3 is 0 Å². The fourth-order valence-corrected chi connectivity index (χ4v) is 1.28.